The van der Waals surface area contributed by atoms with E-state index in [1.807, 2.05) is 0 Å². The summed E-state index contributed by atoms with van der Waals surface area (Å²) in [5.41, 5.74) is 5.13. The highest BCUT2D eigenvalue weighted by Gasteiger charge is 2.03. The number of benzene rings is 1. The van der Waals surface area contributed by atoms with Crippen LogP contribution in [0.3, 0.4) is 0 Å². The van der Waals surface area contributed by atoms with Gasteiger partial charge in [-0.3, -0.25) is 0 Å². The van der Waals surface area contributed by atoms with Crippen LogP contribution in [0.5, 0.6) is 5.75 Å². The van der Waals surface area contributed by atoms with Crippen LogP contribution < -0.4 is 10.5 Å². The maximum absolute atomic E-state index is 12.9. The molecule has 15 heavy (non-hydrogen) atoms. The second-order valence-electron chi connectivity index (χ2n) is 2.75. The summed E-state index contributed by atoms with van der Waals surface area (Å²) in [6.45, 7) is -0.0396. The molecule has 0 unspecified atom stereocenters. The first-order valence-corrected chi connectivity index (χ1v) is 5.01. The SMILES string of the molecule is NC/C=C(/F)COc1ccc(Cl)cc1Cl. The van der Waals surface area contributed by atoms with Gasteiger partial charge in [0.05, 0.1) is 5.02 Å². The summed E-state index contributed by atoms with van der Waals surface area (Å²) in [7, 11) is 0. The number of hydrogen-bond donors (Lipinski definition) is 1. The topological polar surface area (TPSA) is 35.2 Å². The summed E-state index contributed by atoms with van der Waals surface area (Å²) in [6.07, 6.45) is 1.24. The monoisotopic (exact) mass is 249 g/mol. The van der Waals surface area contributed by atoms with Crippen molar-refractivity contribution in [3.05, 3.63) is 40.1 Å². The van der Waals surface area contributed by atoms with Crippen molar-refractivity contribution >= 4 is 23.2 Å². The van der Waals surface area contributed by atoms with Gasteiger partial charge in [0.2, 0.25) is 0 Å². The molecule has 0 aliphatic rings. The van der Waals surface area contributed by atoms with E-state index >= 15 is 0 Å². The van der Waals surface area contributed by atoms with Crippen molar-refractivity contribution in [3.63, 3.8) is 0 Å². The van der Waals surface area contributed by atoms with E-state index in [4.69, 9.17) is 33.7 Å². The Kier molecular flexibility index (Phi) is 4.88. The van der Waals surface area contributed by atoms with Gasteiger partial charge < -0.3 is 10.5 Å². The summed E-state index contributed by atoms with van der Waals surface area (Å²) in [5.74, 6) is -0.0369. The molecular weight excluding hydrogens is 240 g/mol. The van der Waals surface area contributed by atoms with Crippen molar-refractivity contribution in [2.45, 2.75) is 0 Å². The molecule has 1 rings (SSSR count). The molecule has 0 bridgehead atoms. The fourth-order valence-electron chi connectivity index (χ4n) is 0.926. The third kappa shape index (κ3) is 4.08. The van der Waals surface area contributed by atoms with E-state index in [0.717, 1.165) is 0 Å². The van der Waals surface area contributed by atoms with Crippen molar-refractivity contribution in [3.8, 4) is 5.75 Å². The van der Waals surface area contributed by atoms with Crippen LogP contribution in [0.15, 0.2) is 30.1 Å². The average Bonchev–Trinajstić information content (AvgIpc) is 2.17. The van der Waals surface area contributed by atoms with Gasteiger partial charge in [0.25, 0.3) is 0 Å². The third-order valence-electron chi connectivity index (χ3n) is 1.60. The largest absolute Gasteiger partial charge is 0.485 e. The molecule has 0 spiro atoms. The summed E-state index contributed by atoms with van der Waals surface area (Å²) in [5, 5.41) is 0.855. The first-order chi connectivity index (χ1) is 7.13. The Labute approximate surface area is 97.4 Å². The van der Waals surface area contributed by atoms with Gasteiger partial charge in [-0.15, -0.1) is 0 Å². The molecule has 0 saturated carbocycles. The van der Waals surface area contributed by atoms with Gasteiger partial charge in [0.1, 0.15) is 18.2 Å². The number of nitrogens with two attached hydrogens (primary N) is 1. The predicted molar refractivity (Wildman–Crippen MR) is 60.2 cm³/mol. The number of ether oxygens (including phenoxy) is 1. The predicted octanol–water partition coefficient (Wildman–Crippen LogP) is 3.18. The standard InChI is InChI=1S/C10H10Cl2FNO/c11-7-1-2-10(9(12)5-7)15-6-8(13)3-4-14/h1-3,5H,4,6,14H2/b8-3+. The van der Waals surface area contributed by atoms with E-state index in [9.17, 15) is 4.39 Å². The fraction of sp³-hybridized carbons (Fsp3) is 0.200. The minimum absolute atomic E-state index is 0.142. The van der Waals surface area contributed by atoms with Crippen molar-refractivity contribution in [2.75, 3.05) is 13.2 Å². The van der Waals surface area contributed by atoms with Crippen LogP contribution in [0.2, 0.25) is 10.0 Å². The van der Waals surface area contributed by atoms with Gasteiger partial charge >= 0.3 is 0 Å². The summed E-state index contributed by atoms with van der Waals surface area (Å²) in [6, 6.07) is 4.73. The average molecular weight is 250 g/mol. The van der Waals surface area contributed by atoms with Crippen molar-refractivity contribution in [1.82, 2.24) is 0 Å². The maximum atomic E-state index is 12.9. The van der Waals surface area contributed by atoms with Crippen LogP contribution in [0.25, 0.3) is 0 Å². The highest BCUT2D eigenvalue weighted by atomic mass is 35.5. The molecule has 0 fully saturated rings. The molecule has 1 aromatic carbocycles. The highest BCUT2D eigenvalue weighted by Crippen LogP contribution is 2.27. The lowest BCUT2D eigenvalue weighted by molar-refractivity contribution is 0.318. The summed E-state index contributed by atoms with van der Waals surface area (Å²) >= 11 is 11.5. The number of rotatable bonds is 4. The smallest absolute Gasteiger partial charge is 0.139 e. The van der Waals surface area contributed by atoms with E-state index in [1.54, 1.807) is 12.1 Å². The molecule has 0 heterocycles. The second kappa shape index (κ2) is 5.95. The highest BCUT2D eigenvalue weighted by molar-refractivity contribution is 6.35. The first kappa shape index (κ1) is 12.3. The van der Waals surface area contributed by atoms with E-state index in [0.29, 0.717) is 15.8 Å². The number of halogens is 3. The molecule has 1 aromatic rings. The van der Waals surface area contributed by atoms with Crippen LogP contribution in [0.1, 0.15) is 0 Å². The number of hydrogen-bond acceptors (Lipinski definition) is 2. The Hall–Kier alpha value is -0.770. The Morgan fingerprint density at radius 2 is 2.20 bits per heavy atom. The molecule has 0 aromatic heterocycles. The van der Waals surface area contributed by atoms with Crippen molar-refractivity contribution < 1.29 is 9.13 Å². The van der Waals surface area contributed by atoms with E-state index in [-0.39, 0.29) is 13.2 Å². The maximum Gasteiger partial charge on any atom is 0.139 e. The lowest BCUT2D eigenvalue weighted by Crippen LogP contribution is -2.01. The minimum atomic E-state index is -0.427. The van der Waals surface area contributed by atoms with Gasteiger partial charge in [0.15, 0.2) is 0 Å². The zero-order valence-corrected chi connectivity index (χ0v) is 9.35. The normalized spacial score (nSPS) is 11.6. The van der Waals surface area contributed by atoms with Crippen LogP contribution in [0.4, 0.5) is 4.39 Å². The molecule has 5 heteroatoms. The van der Waals surface area contributed by atoms with Crippen LogP contribution in [0, 0.1) is 0 Å². The Balaban J connectivity index is 2.62. The molecule has 0 aliphatic carbocycles. The molecule has 0 atom stereocenters. The van der Waals surface area contributed by atoms with Gasteiger partial charge in [0, 0.05) is 11.6 Å². The molecule has 2 N–H and O–H groups in total. The lowest BCUT2D eigenvalue weighted by atomic mass is 10.3. The minimum Gasteiger partial charge on any atom is -0.485 e. The Morgan fingerprint density at radius 1 is 1.47 bits per heavy atom. The van der Waals surface area contributed by atoms with Crippen LogP contribution in [-0.2, 0) is 0 Å². The molecule has 0 saturated heterocycles. The zero-order valence-electron chi connectivity index (χ0n) is 7.84. The van der Waals surface area contributed by atoms with E-state index in [2.05, 4.69) is 0 Å². The van der Waals surface area contributed by atoms with Crippen molar-refractivity contribution in [1.29, 1.82) is 0 Å². The van der Waals surface area contributed by atoms with Crippen molar-refractivity contribution in [2.24, 2.45) is 5.73 Å². The molecule has 0 aliphatic heterocycles. The molecule has 82 valence electrons. The lowest BCUT2D eigenvalue weighted by Gasteiger charge is -2.06. The van der Waals surface area contributed by atoms with Crippen LogP contribution >= 0.6 is 23.2 Å². The third-order valence-corrected chi connectivity index (χ3v) is 2.13. The van der Waals surface area contributed by atoms with Gasteiger partial charge in [-0.2, -0.15) is 0 Å². The van der Waals surface area contributed by atoms with Gasteiger partial charge in [-0.05, 0) is 24.3 Å². The van der Waals surface area contributed by atoms with Gasteiger partial charge in [-0.25, -0.2) is 4.39 Å². The Bertz CT molecular complexity index is 368. The van der Waals surface area contributed by atoms with Crippen LogP contribution in [-0.4, -0.2) is 13.2 Å². The van der Waals surface area contributed by atoms with E-state index < -0.39 is 5.83 Å². The molecular formula is C10H10Cl2FNO. The molecule has 0 amide bonds. The van der Waals surface area contributed by atoms with E-state index in [1.165, 1.54) is 12.1 Å². The van der Waals surface area contributed by atoms with Gasteiger partial charge in [-0.1, -0.05) is 23.2 Å². The quantitative estimate of drug-likeness (QED) is 0.890. The molecule has 2 nitrogen and oxygen atoms in total. The summed E-state index contributed by atoms with van der Waals surface area (Å²) < 4.78 is 18.0. The summed E-state index contributed by atoms with van der Waals surface area (Å²) in [4.78, 5) is 0. The molecule has 0 radical (unpaired) electrons. The first-order valence-electron chi connectivity index (χ1n) is 4.26. The second-order valence-corrected chi connectivity index (χ2v) is 3.59. The fourth-order valence-corrected chi connectivity index (χ4v) is 1.39. The zero-order chi connectivity index (χ0) is 11.3. The Morgan fingerprint density at radius 3 is 2.80 bits per heavy atom.